The van der Waals surface area contributed by atoms with E-state index >= 15 is 0 Å². The van der Waals surface area contributed by atoms with Crippen molar-refractivity contribution < 1.29 is 13.9 Å². The third-order valence-corrected chi connectivity index (χ3v) is 6.37. The molecule has 2 aromatic rings. The Morgan fingerprint density at radius 1 is 1.07 bits per heavy atom. The largest absolute Gasteiger partial charge is 0.493 e. The minimum atomic E-state index is -0.147. The maximum atomic E-state index is 13.8. The van der Waals surface area contributed by atoms with E-state index < -0.39 is 0 Å². The molecule has 2 heterocycles. The van der Waals surface area contributed by atoms with Gasteiger partial charge in [-0.3, -0.25) is 9.80 Å². The second-order valence-corrected chi connectivity index (χ2v) is 9.25. The highest BCUT2D eigenvalue weighted by atomic mass is 19.1. The standard InChI is InChI=1S/C25H33FN2O2/c1-17(2)16-30-23-9-8-18(10-24(23)29-4)12-28-14-20-13-27(3)25(22(20)15-28)19-6-5-7-21(26)11-19/h5-11,17,20,22,25H,12-16H2,1-4H3/t20-,22+,25-/m0/s1. The lowest BCUT2D eigenvalue weighted by Crippen LogP contribution is -2.29. The summed E-state index contributed by atoms with van der Waals surface area (Å²) in [6.45, 7) is 9.03. The maximum Gasteiger partial charge on any atom is 0.161 e. The van der Waals surface area contributed by atoms with Crippen molar-refractivity contribution in [1.29, 1.82) is 0 Å². The van der Waals surface area contributed by atoms with Crippen LogP contribution >= 0.6 is 0 Å². The molecular weight excluding hydrogens is 379 g/mol. The van der Waals surface area contributed by atoms with Crippen LogP contribution in [0.4, 0.5) is 4.39 Å². The van der Waals surface area contributed by atoms with Gasteiger partial charge in [0.1, 0.15) is 5.82 Å². The van der Waals surface area contributed by atoms with E-state index in [-0.39, 0.29) is 11.9 Å². The van der Waals surface area contributed by atoms with Crippen LogP contribution in [0.2, 0.25) is 0 Å². The van der Waals surface area contributed by atoms with Crippen molar-refractivity contribution in [3.8, 4) is 11.5 Å². The Kier molecular flexibility index (Phi) is 6.30. The normalized spacial score (nSPS) is 24.4. The lowest BCUT2D eigenvalue weighted by molar-refractivity contribution is 0.224. The van der Waals surface area contributed by atoms with E-state index in [0.717, 1.165) is 43.2 Å². The molecule has 0 N–H and O–H groups in total. The molecule has 162 valence electrons. The Labute approximate surface area is 179 Å². The number of ether oxygens (including phenoxy) is 2. The molecule has 2 saturated heterocycles. The van der Waals surface area contributed by atoms with Crippen LogP contribution in [-0.2, 0) is 6.54 Å². The van der Waals surface area contributed by atoms with Crippen molar-refractivity contribution in [2.75, 3.05) is 40.4 Å². The van der Waals surface area contributed by atoms with Gasteiger partial charge in [-0.15, -0.1) is 0 Å². The Hall–Kier alpha value is -2.11. The zero-order chi connectivity index (χ0) is 21.3. The van der Waals surface area contributed by atoms with Crippen LogP contribution < -0.4 is 9.47 Å². The van der Waals surface area contributed by atoms with E-state index in [4.69, 9.17) is 9.47 Å². The van der Waals surface area contributed by atoms with Crippen molar-refractivity contribution in [2.24, 2.45) is 17.8 Å². The highest BCUT2D eigenvalue weighted by Crippen LogP contribution is 2.44. The fourth-order valence-corrected chi connectivity index (χ4v) is 5.12. The van der Waals surface area contributed by atoms with E-state index in [2.05, 4.69) is 48.9 Å². The van der Waals surface area contributed by atoms with E-state index in [0.29, 0.717) is 24.4 Å². The van der Waals surface area contributed by atoms with Gasteiger partial charge in [-0.05, 0) is 60.2 Å². The zero-order valence-electron chi connectivity index (χ0n) is 18.5. The van der Waals surface area contributed by atoms with Crippen molar-refractivity contribution in [1.82, 2.24) is 9.80 Å². The van der Waals surface area contributed by atoms with Gasteiger partial charge in [0.15, 0.2) is 11.5 Å². The van der Waals surface area contributed by atoms with Gasteiger partial charge in [0.05, 0.1) is 13.7 Å². The summed E-state index contributed by atoms with van der Waals surface area (Å²) in [4.78, 5) is 4.92. The molecule has 2 aromatic carbocycles. The number of fused-ring (bicyclic) bond motifs is 1. The van der Waals surface area contributed by atoms with E-state index in [1.54, 1.807) is 13.2 Å². The summed E-state index contributed by atoms with van der Waals surface area (Å²) in [6.07, 6.45) is 0. The number of methoxy groups -OCH3 is 1. The lowest BCUT2D eigenvalue weighted by atomic mass is 9.89. The van der Waals surface area contributed by atoms with Crippen molar-refractivity contribution in [3.05, 3.63) is 59.4 Å². The van der Waals surface area contributed by atoms with Crippen molar-refractivity contribution in [3.63, 3.8) is 0 Å². The van der Waals surface area contributed by atoms with Crippen LogP contribution in [0, 0.1) is 23.6 Å². The Balaban J connectivity index is 1.44. The number of benzene rings is 2. The van der Waals surface area contributed by atoms with Gasteiger partial charge in [-0.1, -0.05) is 32.0 Å². The van der Waals surface area contributed by atoms with Gasteiger partial charge in [-0.2, -0.15) is 0 Å². The van der Waals surface area contributed by atoms with E-state index in [9.17, 15) is 4.39 Å². The Bertz CT molecular complexity index is 872. The maximum absolute atomic E-state index is 13.8. The molecule has 0 aromatic heterocycles. The predicted octanol–water partition coefficient (Wildman–Crippen LogP) is 4.60. The van der Waals surface area contributed by atoms with Crippen LogP contribution in [0.1, 0.15) is 31.0 Å². The van der Waals surface area contributed by atoms with Crippen LogP contribution in [0.3, 0.4) is 0 Å². The number of halogens is 1. The topological polar surface area (TPSA) is 24.9 Å². The zero-order valence-corrected chi connectivity index (χ0v) is 18.5. The first-order valence-corrected chi connectivity index (χ1v) is 10.9. The molecule has 0 unspecified atom stereocenters. The SMILES string of the molecule is COc1cc(CN2C[C@@H]3CN(C)[C@@H](c4cccc(F)c4)[C@@H]3C2)ccc1OCC(C)C. The summed E-state index contributed by atoms with van der Waals surface area (Å²) >= 11 is 0. The summed E-state index contributed by atoms with van der Waals surface area (Å²) in [5.74, 6) is 3.09. The van der Waals surface area contributed by atoms with Crippen LogP contribution in [0.25, 0.3) is 0 Å². The smallest absolute Gasteiger partial charge is 0.161 e. The summed E-state index contributed by atoms with van der Waals surface area (Å²) in [5.41, 5.74) is 2.33. The number of hydrogen-bond acceptors (Lipinski definition) is 4. The highest BCUT2D eigenvalue weighted by molar-refractivity contribution is 5.43. The molecular formula is C25H33FN2O2. The van der Waals surface area contributed by atoms with E-state index in [1.165, 1.54) is 11.6 Å². The predicted molar refractivity (Wildman–Crippen MR) is 117 cm³/mol. The third kappa shape index (κ3) is 4.47. The minimum absolute atomic E-state index is 0.147. The molecule has 0 saturated carbocycles. The van der Waals surface area contributed by atoms with Gasteiger partial charge < -0.3 is 9.47 Å². The molecule has 0 bridgehead atoms. The summed E-state index contributed by atoms with van der Waals surface area (Å²) < 4.78 is 25.3. The summed E-state index contributed by atoms with van der Waals surface area (Å²) in [7, 11) is 3.86. The Morgan fingerprint density at radius 2 is 1.90 bits per heavy atom. The molecule has 2 aliphatic rings. The first kappa shape index (κ1) is 21.1. The molecule has 5 heteroatoms. The second-order valence-electron chi connectivity index (χ2n) is 9.25. The minimum Gasteiger partial charge on any atom is -0.493 e. The van der Waals surface area contributed by atoms with Crippen LogP contribution in [0.15, 0.2) is 42.5 Å². The van der Waals surface area contributed by atoms with Gasteiger partial charge in [-0.25, -0.2) is 4.39 Å². The van der Waals surface area contributed by atoms with E-state index in [1.807, 2.05) is 12.1 Å². The molecule has 4 nitrogen and oxygen atoms in total. The van der Waals surface area contributed by atoms with Crippen molar-refractivity contribution >= 4 is 0 Å². The fraction of sp³-hybridized carbons (Fsp3) is 0.520. The number of likely N-dealkylation sites (tertiary alicyclic amines) is 2. The molecule has 0 aliphatic carbocycles. The Morgan fingerprint density at radius 3 is 2.63 bits per heavy atom. The quantitative estimate of drug-likeness (QED) is 0.663. The van der Waals surface area contributed by atoms with Crippen molar-refractivity contribution in [2.45, 2.75) is 26.4 Å². The van der Waals surface area contributed by atoms with Gasteiger partial charge in [0, 0.05) is 32.2 Å². The third-order valence-electron chi connectivity index (χ3n) is 6.37. The molecule has 0 radical (unpaired) electrons. The number of nitrogens with zero attached hydrogens (tertiary/aromatic N) is 2. The molecule has 0 spiro atoms. The molecule has 3 atom stereocenters. The van der Waals surface area contributed by atoms with Gasteiger partial charge in [0.2, 0.25) is 0 Å². The fourth-order valence-electron chi connectivity index (χ4n) is 5.12. The number of hydrogen-bond donors (Lipinski definition) is 0. The molecule has 4 rings (SSSR count). The molecule has 2 aliphatic heterocycles. The average Bonchev–Trinajstić information content (AvgIpc) is 3.22. The summed E-state index contributed by atoms with van der Waals surface area (Å²) in [5, 5.41) is 0. The molecule has 0 amide bonds. The summed E-state index contributed by atoms with van der Waals surface area (Å²) in [6, 6.07) is 13.7. The highest BCUT2D eigenvalue weighted by Gasteiger charge is 2.45. The lowest BCUT2D eigenvalue weighted by Gasteiger charge is -2.27. The monoisotopic (exact) mass is 412 g/mol. The molecule has 2 fully saturated rings. The first-order chi connectivity index (χ1) is 14.4. The van der Waals surface area contributed by atoms with Crippen LogP contribution in [-0.4, -0.2) is 50.2 Å². The van der Waals surface area contributed by atoms with Gasteiger partial charge in [0.25, 0.3) is 0 Å². The second kappa shape index (κ2) is 8.94. The first-order valence-electron chi connectivity index (χ1n) is 10.9. The average molecular weight is 413 g/mol. The van der Waals surface area contributed by atoms with Crippen LogP contribution in [0.5, 0.6) is 11.5 Å². The number of rotatable bonds is 7. The van der Waals surface area contributed by atoms with Gasteiger partial charge >= 0.3 is 0 Å². The molecule has 30 heavy (non-hydrogen) atoms.